The number of ether oxygens (including phenoxy) is 1. The molecule has 12 atom stereocenters. The molecule has 0 aliphatic heterocycles. The lowest BCUT2D eigenvalue weighted by atomic mass is 9.32. The Morgan fingerprint density at radius 2 is 1.51 bits per heavy atom. The van der Waals surface area contributed by atoms with Crippen LogP contribution in [0, 0.1) is 56.7 Å². The summed E-state index contributed by atoms with van der Waals surface area (Å²) in [6, 6.07) is 0. The first kappa shape index (κ1) is 26.0. The molecule has 0 amide bonds. The molecule has 0 bridgehead atoms. The normalized spacial score (nSPS) is 57.6. The van der Waals surface area contributed by atoms with E-state index >= 15 is 0 Å². The van der Waals surface area contributed by atoms with Crippen LogP contribution in [0.1, 0.15) is 100 Å². The van der Waals surface area contributed by atoms with Gasteiger partial charge in [-0.1, -0.05) is 55.4 Å². The number of rotatable bonds is 1. The van der Waals surface area contributed by atoms with Crippen LogP contribution in [-0.4, -0.2) is 40.7 Å². The molecule has 4 saturated carbocycles. The Morgan fingerprint density at radius 3 is 2.14 bits per heavy atom. The molecule has 0 heterocycles. The molecule has 0 aromatic heterocycles. The van der Waals surface area contributed by atoms with E-state index in [1.807, 2.05) is 0 Å². The van der Waals surface area contributed by atoms with E-state index in [1.165, 1.54) is 6.42 Å². The van der Waals surface area contributed by atoms with Gasteiger partial charge in [0.05, 0.1) is 12.2 Å². The van der Waals surface area contributed by atoms with Crippen LogP contribution in [0.25, 0.3) is 0 Å². The Bertz CT molecular complexity index is 910. The Balaban J connectivity index is 1.74. The van der Waals surface area contributed by atoms with Gasteiger partial charge in [0.1, 0.15) is 11.9 Å². The second-order valence-corrected chi connectivity index (χ2v) is 15.3. The summed E-state index contributed by atoms with van der Waals surface area (Å²) in [5, 5.41) is 35.3. The smallest absolute Gasteiger partial charge is 0.122 e. The molecule has 0 spiro atoms. The zero-order valence-electron chi connectivity index (χ0n) is 23.8. The van der Waals surface area contributed by atoms with Crippen molar-refractivity contribution in [3.63, 3.8) is 0 Å². The van der Waals surface area contributed by atoms with Crippen molar-refractivity contribution in [1.29, 1.82) is 0 Å². The summed E-state index contributed by atoms with van der Waals surface area (Å²) >= 11 is 0. The number of aliphatic hydroxyl groups excluding tert-OH is 3. The molecule has 0 radical (unpaired) electrons. The Kier molecular flexibility index (Phi) is 5.75. The van der Waals surface area contributed by atoms with Gasteiger partial charge in [-0.25, -0.2) is 0 Å². The molecule has 4 nitrogen and oxygen atoms in total. The lowest BCUT2D eigenvalue weighted by Crippen LogP contribution is -2.71. The molecule has 5 aliphatic carbocycles. The first-order chi connectivity index (χ1) is 16.1. The van der Waals surface area contributed by atoms with Crippen LogP contribution in [0.5, 0.6) is 0 Å². The van der Waals surface area contributed by atoms with E-state index in [9.17, 15) is 15.3 Å². The van der Waals surface area contributed by atoms with E-state index in [0.29, 0.717) is 23.5 Å². The molecule has 200 valence electrons. The van der Waals surface area contributed by atoms with Crippen molar-refractivity contribution in [2.75, 3.05) is 7.11 Å². The topological polar surface area (TPSA) is 69.9 Å². The third-order valence-electron chi connectivity index (χ3n) is 13.7. The highest BCUT2D eigenvalue weighted by Gasteiger charge is 2.73. The zero-order chi connectivity index (χ0) is 25.9. The van der Waals surface area contributed by atoms with E-state index < -0.39 is 11.5 Å². The quantitative estimate of drug-likeness (QED) is 0.394. The predicted molar refractivity (Wildman–Crippen MR) is 140 cm³/mol. The highest BCUT2D eigenvalue weighted by molar-refractivity contribution is 5.40. The van der Waals surface area contributed by atoms with Gasteiger partial charge >= 0.3 is 0 Å². The number of hydrogen-bond acceptors (Lipinski definition) is 4. The lowest BCUT2D eigenvalue weighted by Gasteiger charge is -2.73. The van der Waals surface area contributed by atoms with E-state index in [-0.39, 0.29) is 45.7 Å². The molecule has 5 rings (SSSR count). The molecule has 35 heavy (non-hydrogen) atoms. The third kappa shape index (κ3) is 2.97. The van der Waals surface area contributed by atoms with Gasteiger partial charge in [0, 0.05) is 18.4 Å². The maximum Gasteiger partial charge on any atom is 0.122 e. The first-order valence-corrected chi connectivity index (χ1v) is 14.4. The van der Waals surface area contributed by atoms with Gasteiger partial charge in [-0.2, -0.15) is 0 Å². The SMILES string of the molecule is CO[C@@H]1C(O)=C2[C@@H]3[C@@H](C)[C@H](C)CC[C@]3(C)C[C@H](O)[C@@]2(C)[C@]2(C)CC[C@H]3C(C)(C)[C@@H](O)CC[C@]3(C)[C@@H]12. The average Bonchev–Trinajstić information content (AvgIpc) is 2.77. The van der Waals surface area contributed by atoms with Crippen molar-refractivity contribution in [2.24, 2.45) is 56.7 Å². The van der Waals surface area contributed by atoms with E-state index in [2.05, 4.69) is 55.4 Å². The lowest BCUT2D eigenvalue weighted by molar-refractivity contribution is -0.254. The molecule has 3 N–H and O–H groups in total. The second-order valence-electron chi connectivity index (χ2n) is 15.3. The number of fused-ring (bicyclic) bond motifs is 7. The monoisotopic (exact) mass is 488 g/mol. The van der Waals surface area contributed by atoms with Gasteiger partial charge in [0.2, 0.25) is 0 Å². The predicted octanol–water partition coefficient (Wildman–Crippen LogP) is 6.51. The largest absolute Gasteiger partial charge is 0.510 e. The van der Waals surface area contributed by atoms with Gasteiger partial charge in [-0.3, -0.25) is 0 Å². The van der Waals surface area contributed by atoms with E-state index in [4.69, 9.17) is 4.74 Å². The van der Waals surface area contributed by atoms with Gasteiger partial charge in [0.25, 0.3) is 0 Å². The van der Waals surface area contributed by atoms with Crippen LogP contribution in [0.15, 0.2) is 11.3 Å². The van der Waals surface area contributed by atoms with Gasteiger partial charge in [-0.15, -0.1) is 0 Å². The van der Waals surface area contributed by atoms with Crippen molar-refractivity contribution in [3.05, 3.63) is 11.3 Å². The van der Waals surface area contributed by atoms with Gasteiger partial charge < -0.3 is 20.1 Å². The minimum Gasteiger partial charge on any atom is -0.510 e. The minimum absolute atomic E-state index is 0.00764. The van der Waals surface area contributed by atoms with Crippen LogP contribution in [0.3, 0.4) is 0 Å². The van der Waals surface area contributed by atoms with Crippen LogP contribution in [0.2, 0.25) is 0 Å². The summed E-state index contributed by atoms with van der Waals surface area (Å²) < 4.78 is 6.30. The first-order valence-electron chi connectivity index (χ1n) is 14.4. The van der Waals surface area contributed by atoms with Gasteiger partial charge in [0.15, 0.2) is 0 Å². The molecule has 0 saturated heterocycles. The fraction of sp³-hybridized carbons (Fsp3) is 0.935. The summed E-state index contributed by atoms with van der Waals surface area (Å²) in [5.74, 6) is 2.21. The number of methoxy groups -OCH3 is 1. The molecule has 4 heteroatoms. The fourth-order valence-corrected chi connectivity index (χ4v) is 11.3. The van der Waals surface area contributed by atoms with Crippen molar-refractivity contribution >= 4 is 0 Å². The molecule has 0 aromatic carbocycles. The van der Waals surface area contributed by atoms with Crippen molar-refractivity contribution in [2.45, 2.75) is 119 Å². The summed E-state index contributed by atoms with van der Waals surface area (Å²) in [6.45, 7) is 18.7. The van der Waals surface area contributed by atoms with Crippen LogP contribution >= 0.6 is 0 Å². The van der Waals surface area contributed by atoms with Crippen LogP contribution < -0.4 is 0 Å². The van der Waals surface area contributed by atoms with Crippen LogP contribution in [0.4, 0.5) is 0 Å². The molecule has 5 aliphatic rings. The third-order valence-corrected chi connectivity index (χ3v) is 13.7. The van der Waals surface area contributed by atoms with Crippen molar-refractivity contribution in [3.8, 4) is 0 Å². The highest BCUT2D eigenvalue weighted by Crippen LogP contribution is 2.76. The molecular weight excluding hydrogens is 436 g/mol. The summed E-state index contributed by atoms with van der Waals surface area (Å²) in [5.41, 5.74) is 0.198. The molecule has 0 aromatic rings. The van der Waals surface area contributed by atoms with Gasteiger partial charge in [-0.05, 0) is 95.9 Å². The fourth-order valence-electron chi connectivity index (χ4n) is 11.3. The highest BCUT2D eigenvalue weighted by atomic mass is 16.5. The Hall–Kier alpha value is -0.580. The van der Waals surface area contributed by atoms with E-state index in [0.717, 1.165) is 44.1 Å². The average molecular weight is 489 g/mol. The molecule has 0 unspecified atom stereocenters. The number of hydrogen-bond donors (Lipinski definition) is 3. The Labute approximate surface area is 213 Å². The molecule has 4 fully saturated rings. The van der Waals surface area contributed by atoms with Crippen molar-refractivity contribution < 1.29 is 20.1 Å². The zero-order valence-corrected chi connectivity index (χ0v) is 23.8. The number of aliphatic hydroxyl groups is 3. The summed E-state index contributed by atoms with van der Waals surface area (Å²) in [4.78, 5) is 0. The Morgan fingerprint density at radius 1 is 0.857 bits per heavy atom. The van der Waals surface area contributed by atoms with Crippen molar-refractivity contribution in [1.82, 2.24) is 0 Å². The summed E-state index contributed by atoms with van der Waals surface area (Å²) in [7, 11) is 1.77. The minimum atomic E-state index is -0.486. The second kappa shape index (κ2) is 7.73. The standard InChI is InChI=1S/C31H52O4/c1-17-10-13-28(5)16-21(33)31(8)23(22(28)18(17)2)24(34)25(35-9)26-29(6)14-12-20(32)27(3,4)19(29)11-15-30(26,31)7/h17-22,25-26,32-34H,10-16H2,1-9H3/t17-,18+,19+,20+,21+,22+,25-,26-,28-,29+,30-,31-/m1/s1. The maximum absolute atomic E-state index is 12.2. The van der Waals surface area contributed by atoms with E-state index in [1.54, 1.807) is 7.11 Å². The summed E-state index contributed by atoms with van der Waals surface area (Å²) in [6.07, 6.45) is 5.74. The van der Waals surface area contributed by atoms with Crippen LogP contribution in [-0.2, 0) is 4.74 Å². The maximum atomic E-state index is 12.2. The molecular formula is C31H52O4.